The van der Waals surface area contributed by atoms with Gasteiger partial charge in [0.1, 0.15) is 5.82 Å². The summed E-state index contributed by atoms with van der Waals surface area (Å²) in [6.45, 7) is 1.91. The fraction of sp³-hybridized carbons (Fsp3) is 0.182. The largest absolute Gasteiger partial charge is 0.375 e. The fourth-order valence-corrected chi connectivity index (χ4v) is 3.66. The second-order valence-electron chi connectivity index (χ2n) is 3.45. The Kier molecular flexibility index (Phi) is 4.06. The summed E-state index contributed by atoms with van der Waals surface area (Å²) in [4.78, 5) is 4.13. The average Bonchev–Trinajstić information content (AvgIpc) is 2.56. The molecule has 17 heavy (non-hydrogen) atoms. The van der Waals surface area contributed by atoms with Gasteiger partial charge in [-0.25, -0.2) is 9.37 Å². The maximum absolute atomic E-state index is 13.6. The van der Waals surface area contributed by atoms with Crippen LogP contribution in [0.4, 0.5) is 9.52 Å². The van der Waals surface area contributed by atoms with E-state index in [2.05, 4.69) is 20.9 Å². The Morgan fingerprint density at radius 2 is 2.29 bits per heavy atom. The topological polar surface area (TPSA) is 38.9 Å². The molecule has 90 valence electrons. The summed E-state index contributed by atoms with van der Waals surface area (Å²) in [5.74, 6) is 0.392. The van der Waals surface area contributed by atoms with E-state index in [1.807, 2.05) is 13.0 Å². The molecule has 0 amide bonds. The predicted molar refractivity (Wildman–Crippen MR) is 74.9 cm³/mol. The number of nitrogen functional groups attached to an aromatic ring is 1. The van der Waals surface area contributed by atoms with Crippen LogP contribution in [0.15, 0.2) is 26.9 Å². The summed E-state index contributed by atoms with van der Waals surface area (Å²) >= 11 is 6.24. The Morgan fingerprint density at radius 3 is 2.88 bits per heavy atom. The van der Waals surface area contributed by atoms with Gasteiger partial charge in [0.25, 0.3) is 0 Å². The fourth-order valence-electron chi connectivity index (χ4n) is 1.32. The van der Waals surface area contributed by atoms with Crippen LogP contribution in [0.5, 0.6) is 0 Å². The quantitative estimate of drug-likeness (QED) is 0.855. The minimum absolute atomic E-state index is 0.193. The maximum atomic E-state index is 13.6. The van der Waals surface area contributed by atoms with E-state index in [1.54, 1.807) is 17.8 Å². The van der Waals surface area contributed by atoms with Crippen LogP contribution < -0.4 is 5.73 Å². The summed E-state index contributed by atoms with van der Waals surface area (Å²) in [7, 11) is 0. The highest BCUT2D eigenvalue weighted by molar-refractivity contribution is 9.10. The summed E-state index contributed by atoms with van der Waals surface area (Å²) in [5.41, 5.74) is 7.21. The summed E-state index contributed by atoms with van der Waals surface area (Å²) < 4.78 is 15.4. The van der Waals surface area contributed by atoms with E-state index in [4.69, 9.17) is 5.73 Å². The van der Waals surface area contributed by atoms with Crippen molar-refractivity contribution in [2.45, 2.75) is 16.9 Å². The predicted octanol–water partition coefficient (Wildman–Crippen LogP) is 4.23. The molecule has 0 aliphatic rings. The molecule has 0 aliphatic heterocycles. The van der Waals surface area contributed by atoms with Crippen molar-refractivity contribution >= 4 is 44.2 Å². The number of benzene rings is 1. The normalized spacial score (nSPS) is 10.8. The van der Waals surface area contributed by atoms with Gasteiger partial charge in [0.2, 0.25) is 0 Å². The highest BCUT2D eigenvalue weighted by Crippen LogP contribution is 2.33. The molecule has 0 fully saturated rings. The van der Waals surface area contributed by atoms with Crippen LogP contribution in [-0.2, 0) is 5.75 Å². The number of nitrogens with zero attached hydrogens (tertiary/aromatic N) is 1. The van der Waals surface area contributed by atoms with Gasteiger partial charge in [0, 0.05) is 10.2 Å². The minimum atomic E-state index is -0.193. The first-order chi connectivity index (χ1) is 8.06. The molecule has 0 bridgehead atoms. The zero-order valence-corrected chi connectivity index (χ0v) is 12.3. The third-order valence-electron chi connectivity index (χ3n) is 2.14. The maximum Gasteiger partial charge on any atom is 0.181 e. The molecule has 6 heteroatoms. The van der Waals surface area contributed by atoms with Crippen molar-refractivity contribution in [3.8, 4) is 0 Å². The minimum Gasteiger partial charge on any atom is -0.375 e. The van der Waals surface area contributed by atoms with Crippen LogP contribution in [0.25, 0.3) is 0 Å². The Hall–Kier alpha value is -0.590. The standard InChI is InChI=1S/C11H10BrFN2S2/c1-6-10(17-11(14)15-6)16-5-7-2-3-8(12)4-9(7)13/h2-4H,5H2,1H3,(H2,14,15). The zero-order valence-electron chi connectivity index (χ0n) is 9.04. The summed E-state index contributed by atoms with van der Waals surface area (Å²) in [5, 5.41) is 0.557. The van der Waals surface area contributed by atoms with Crippen molar-refractivity contribution in [1.29, 1.82) is 0 Å². The number of aromatic nitrogens is 1. The molecule has 2 N–H and O–H groups in total. The molecule has 2 nitrogen and oxygen atoms in total. The molecule has 0 saturated carbocycles. The number of aryl methyl sites for hydroxylation is 1. The second-order valence-corrected chi connectivity index (χ2v) is 6.64. The van der Waals surface area contributed by atoms with Gasteiger partial charge in [0.15, 0.2) is 5.13 Å². The average molecular weight is 333 g/mol. The lowest BCUT2D eigenvalue weighted by Gasteiger charge is -2.02. The number of hydrogen-bond donors (Lipinski definition) is 1. The van der Waals surface area contributed by atoms with Gasteiger partial charge in [-0.15, -0.1) is 11.8 Å². The Morgan fingerprint density at radius 1 is 1.53 bits per heavy atom. The number of hydrogen-bond acceptors (Lipinski definition) is 4. The molecule has 1 heterocycles. The van der Waals surface area contributed by atoms with Crippen molar-refractivity contribution in [2.24, 2.45) is 0 Å². The molecule has 2 rings (SSSR count). The van der Waals surface area contributed by atoms with Gasteiger partial charge in [0.05, 0.1) is 9.90 Å². The monoisotopic (exact) mass is 332 g/mol. The van der Waals surface area contributed by atoms with E-state index < -0.39 is 0 Å². The molecule has 1 aromatic heterocycles. The Bertz CT molecular complexity index is 542. The van der Waals surface area contributed by atoms with Crippen molar-refractivity contribution in [1.82, 2.24) is 4.98 Å². The van der Waals surface area contributed by atoms with E-state index >= 15 is 0 Å². The lowest BCUT2D eigenvalue weighted by atomic mass is 10.2. The lowest BCUT2D eigenvalue weighted by Crippen LogP contribution is -1.87. The molecule has 2 aromatic rings. The highest BCUT2D eigenvalue weighted by atomic mass is 79.9. The molecular formula is C11H10BrFN2S2. The molecule has 0 atom stereocenters. The van der Waals surface area contributed by atoms with Gasteiger partial charge in [-0.1, -0.05) is 33.3 Å². The summed E-state index contributed by atoms with van der Waals surface area (Å²) in [6.07, 6.45) is 0. The third kappa shape index (κ3) is 3.20. The van der Waals surface area contributed by atoms with Crippen LogP contribution in [0, 0.1) is 12.7 Å². The van der Waals surface area contributed by atoms with Crippen molar-refractivity contribution in [3.63, 3.8) is 0 Å². The van der Waals surface area contributed by atoms with Crippen LogP contribution in [-0.4, -0.2) is 4.98 Å². The number of thioether (sulfide) groups is 1. The first-order valence-corrected chi connectivity index (χ1v) is 7.45. The first kappa shape index (κ1) is 12.9. The SMILES string of the molecule is Cc1nc(N)sc1SCc1ccc(Br)cc1F. The summed E-state index contributed by atoms with van der Waals surface area (Å²) in [6, 6.07) is 5.10. The molecule has 0 unspecified atom stereocenters. The molecule has 0 saturated heterocycles. The van der Waals surface area contributed by atoms with E-state index in [9.17, 15) is 4.39 Å². The Balaban J connectivity index is 2.10. The van der Waals surface area contributed by atoms with Crippen molar-refractivity contribution in [3.05, 3.63) is 39.7 Å². The van der Waals surface area contributed by atoms with Crippen LogP contribution in [0.1, 0.15) is 11.3 Å². The van der Waals surface area contributed by atoms with Gasteiger partial charge >= 0.3 is 0 Å². The Labute approximate surface area is 116 Å². The van der Waals surface area contributed by atoms with Gasteiger partial charge in [-0.05, 0) is 24.6 Å². The first-order valence-electron chi connectivity index (χ1n) is 4.86. The van der Waals surface area contributed by atoms with E-state index in [-0.39, 0.29) is 5.82 Å². The van der Waals surface area contributed by atoms with Crippen molar-refractivity contribution < 1.29 is 4.39 Å². The lowest BCUT2D eigenvalue weighted by molar-refractivity contribution is 0.616. The van der Waals surface area contributed by atoms with E-state index in [0.29, 0.717) is 16.4 Å². The van der Waals surface area contributed by atoms with Crippen LogP contribution >= 0.6 is 39.0 Å². The molecular weight excluding hydrogens is 323 g/mol. The van der Waals surface area contributed by atoms with E-state index in [0.717, 1.165) is 14.4 Å². The van der Waals surface area contributed by atoms with Gasteiger partial charge < -0.3 is 5.73 Å². The third-order valence-corrected chi connectivity index (χ3v) is 5.04. The van der Waals surface area contributed by atoms with E-state index in [1.165, 1.54) is 17.4 Å². The molecule has 0 aliphatic carbocycles. The number of halogens is 2. The van der Waals surface area contributed by atoms with Gasteiger partial charge in [-0.3, -0.25) is 0 Å². The zero-order chi connectivity index (χ0) is 12.4. The number of thiazole rings is 1. The highest BCUT2D eigenvalue weighted by Gasteiger charge is 2.08. The number of nitrogens with two attached hydrogens (primary N) is 1. The van der Waals surface area contributed by atoms with Crippen LogP contribution in [0.2, 0.25) is 0 Å². The van der Waals surface area contributed by atoms with Crippen LogP contribution in [0.3, 0.4) is 0 Å². The smallest absolute Gasteiger partial charge is 0.181 e. The number of anilines is 1. The second kappa shape index (κ2) is 5.37. The number of rotatable bonds is 3. The van der Waals surface area contributed by atoms with Gasteiger partial charge in [-0.2, -0.15) is 0 Å². The molecule has 1 aromatic carbocycles. The molecule has 0 spiro atoms. The van der Waals surface area contributed by atoms with Crippen molar-refractivity contribution in [2.75, 3.05) is 5.73 Å². The molecule has 0 radical (unpaired) electrons.